The van der Waals surface area contributed by atoms with Crippen molar-refractivity contribution >= 4 is 18.9 Å². The molecule has 0 aliphatic carbocycles. The molecular weight excluding hydrogens is 99.0 g/mol. The number of ether oxygens (including phenoxy) is 1. The van der Waals surface area contributed by atoms with Crippen molar-refractivity contribution in [2.45, 2.75) is 0 Å². The first-order valence-electron chi connectivity index (χ1n) is 2.01. The van der Waals surface area contributed by atoms with E-state index in [0.29, 0.717) is 5.95 Å². The number of methoxy groups -OCH3 is 1. The van der Waals surface area contributed by atoms with E-state index in [0.717, 1.165) is 0 Å². The van der Waals surface area contributed by atoms with Crippen LogP contribution in [-0.4, -0.2) is 26.0 Å². The second-order valence-corrected chi connectivity index (χ2v) is 1.14. The molecule has 8 heavy (non-hydrogen) atoms. The Labute approximate surface area is 60.0 Å². The summed E-state index contributed by atoms with van der Waals surface area (Å²) in [5, 5.41) is 0. The van der Waals surface area contributed by atoms with Crippen LogP contribution < -0.4 is 4.74 Å². The van der Waals surface area contributed by atoms with Crippen LogP contribution in [-0.2, 0) is 0 Å². The van der Waals surface area contributed by atoms with E-state index in [1.54, 1.807) is 25.5 Å². The van der Waals surface area contributed by atoms with Crippen molar-refractivity contribution < 1.29 is 9.15 Å². The number of hydrogen-bond acceptors (Lipinski definition) is 2. The van der Waals surface area contributed by atoms with Gasteiger partial charge >= 0.3 is 18.9 Å². The molecule has 2 nitrogen and oxygen atoms in total. The molecule has 0 radical (unpaired) electrons. The Morgan fingerprint density at radius 1 is 1.62 bits per heavy atom. The SMILES string of the molecule is COc1ccco1.[LiH]. The van der Waals surface area contributed by atoms with E-state index >= 15 is 0 Å². The summed E-state index contributed by atoms with van der Waals surface area (Å²) in [6, 6.07) is 3.53. The van der Waals surface area contributed by atoms with E-state index in [9.17, 15) is 0 Å². The van der Waals surface area contributed by atoms with E-state index < -0.39 is 0 Å². The Bertz CT molecular complexity index is 125. The molecule has 3 heteroatoms. The molecular formula is C5H7LiO2. The maximum atomic E-state index is 4.76. The second-order valence-electron chi connectivity index (χ2n) is 1.14. The molecule has 0 aliphatic heterocycles. The van der Waals surface area contributed by atoms with E-state index in [1.165, 1.54) is 0 Å². The minimum absolute atomic E-state index is 0. The second kappa shape index (κ2) is 3.65. The van der Waals surface area contributed by atoms with Gasteiger partial charge in [0.25, 0.3) is 5.95 Å². The van der Waals surface area contributed by atoms with Gasteiger partial charge in [0.1, 0.15) is 0 Å². The molecule has 0 amide bonds. The third-order valence-corrected chi connectivity index (χ3v) is 0.696. The van der Waals surface area contributed by atoms with Crippen molar-refractivity contribution in [3.8, 4) is 5.95 Å². The molecule has 0 aliphatic rings. The van der Waals surface area contributed by atoms with Crippen LogP contribution in [0, 0.1) is 0 Å². The van der Waals surface area contributed by atoms with Gasteiger partial charge in [-0.3, -0.25) is 0 Å². The molecule has 1 aromatic heterocycles. The Morgan fingerprint density at radius 2 is 2.38 bits per heavy atom. The summed E-state index contributed by atoms with van der Waals surface area (Å²) in [6.07, 6.45) is 1.57. The first-order chi connectivity index (χ1) is 3.43. The Kier molecular flexibility index (Phi) is 3.50. The van der Waals surface area contributed by atoms with Crippen LogP contribution in [0.5, 0.6) is 5.95 Å². The van der Waals surface area contributed by atoms with Crippen LogP contribution in [0.15, 0.2) is 22.8 Å². The van der Waals surface area contributed by atoms with Crippen LogP contribution in [0.25, 0.3) is 0 Å². The molecule has 1 aromatic rings. The van der Waals surface area contributed by atoms with E-state index in [1.807, 2.05) is 0 Å². The topological polar surface area (TPSA) is 22.4 Å². The van der Waals surface area contributed by atoms with Gasteiger partial charge in [-0.15, -0.1) is 0 Å². The van der Waals surface area contributed by atoms with Crippen LogP contribution in [0.2, 0.25) is 0 Å². The summed E-state index contributed by atoms with van der Waals surface area (Å²) in [6.45, 7) is 0. The van der Waals surface area contributed by atoms with Crippen LogP contribution in [0.1, 0.15) is 0 Å². The van der Waals surface area contributed by atoms with Crippen LogP contribution >= 0.6 is 0 Å². The summed E-state index contributed by atoms with van der Waals surface area (Å²) in [5.74, 6) is 0.556. The normalized spacial score (nSPS) is 7.62. The van der Waals surface area contributed by atoms with Gasteiger partial charge in [-0.2, -0.15) is 0 Å². The molecule has 0 aromatic carbocycles. The van der Waals surface area contributed by atoms with Crippen LogP contribution in [0.3, 0.4) is 0 Å². The predicted molar refractivity (Wildman–Crippen MR) is 32.4 cm³/mol. The van der Waals surface area contributed by atoms with E-state index in [2.05, 4.69) is 4.74 Å². The van der Waals surface area contributed by atoms with Gasteiger partial charge in [-0.05, 0) is 6.07 Å². The number of furan rings is 1. The molecule has 0 bridgehead atoms. The molecule has 0 unspecified atom stereocenters. The van der Waals surface area contributed by atoms with Crippen molar-refractivity contribution in [3.05, 3.63) is 18.4 Å². The molecule has 0 fully saturated rings. The van der Waals surface area contributed by atoms with Crippen molar-refractivity contribution in [1.29, 1.82) is 0 Å². The van der Waals surface area contributed by atoms with Crippen molar-refractivity contribution in [3.63, 3.8) is 0 Å². The molecule has 1 rings (SSSR count). The average molecular weight is 106 g/mol. The fraction of sp³-hybridized carbons (Fsp3) is 0.200. The zero-order valence-electron chi connectivity index (χ0n) is 4.05. The van der Waals surface area contributed by atoms with Gasteiger partial charge in [-0.25, -0.2) is 0 Å². The van der Waals surface area contributed by atoms with Crippen molar-refractivity contribution in [1.82, 2.24) is 0 Å². The molecule has 0 atom stereocenters. The fourth-order valence-corrected chi connectivity index (χ4v) is 0.380. The zero-order chi connectivity index (χ0) is 5.11. The van der Waals surface area contributed by atoms with Gasteiger partial charge in [0, 0.05) is 6.07 Å². The van der Waals surface area contributed by atoms with E-state index in [4.69, 9.17) is 4.42 Å². The minimum atomic E-state index is 0. The Hall–Kier alpha value is -0.323. The van der Waals surface area contributed by atoms with Gasteiger partial charge < -0.3 is 9.15 Å². The molecule has 0 saturated heterocycles. The van der Waals surface area contributed by atoms with Crippen LogP contribution in [0.4, 0.5) is 0 Å². The van der Waals surface area contributed by atoms with Gasteiger partial charge in [0.05, 0.1) is 13.4 Å². The third-order valence-electron chi connectivity index (χ3n) is 0.696. The fourth-order valence-electron chi connectivity index (χ4n) is 0.380. The molecule has 1 heterocycles. The van der Waals surface area contributed by atoms with Gasteiger partial charge in [0.2, 0.25) is 0 Å². The first-order valence-corrected chi connectivity index (χ1v) is 2.01. The summed E-state index contributed by atoms with van der Waals surface area (Å²) in [4.78, 5) is 0. The summed E-state index contributed by atoms with van der Waals surface area (Å²) in [5.41, 5.74) is 0. The first kappa shape index (κ1) is 7.68. The van der Waals surface area contributed by atoms with Gasteiger partial charge in [-0.1, -0.05) is 0 Å². The molecule has 0 spiro atoms. The maximum absolute atomic E-state index is 4.76. The average Bonchev–Trinajstić information content (AvgIpc) is 2.14. The summed E-state index contributed by atoms with van der Waals surface area (Å²) in [7, 11) is 1.57. The van der Waals surface area contributed by atoms with Crippen molar-refractivity contribution in [2.24, 2.45) is 0 Å². The Balaban J connectivity index is 0.000000490. The van der Waals surface area contributed by atoms with Crippen molar-refractivity contribution in [2.75, 3.05) is 7.11 Å². The Morgan fingerprint density at radius 3 is 2.62 bits per heavy atom. The molecule has 40 valence electrons. The number of rotatable bonds is 1. The molecule has 0 N–H and O–H groups in total. The number of hydrogen-bond donors (Lipinski definition) is 0. The predicted octanol–water partition coefficient (Wildman–Crippen LogP) is 0.640. The summed E-state index contributed by atoms with van der Waals surface area (Å²) >= 11 is 0. The monoisotopic (exact) mass is 106 g/mol. The van der Waals surface area contributed by atoms with E-state index in [-0.39, 0.29) is 18.9 Å². The molecule has 0 saturated carbocycles. The zero-order valence-corrected chi connectivity index (χ0v) is 4.05. The quantitative estimate of drug-likeness (QED) is 0.490. The van der Waals surface area contributed by atoms with Gasteiger partial charge in [0.15, 0.2) is 0 Å². The third kappa shape index (κ3) is 1.65. The standard InChI is InChI=1S/C5H6O2.Li.H/c1-6-5-3-2-4-7-5;;/h2-4H,1H3;;. The summed E-state index contributed by atoms with van der Waals surface area (Å²) < 4.78 is 9.45.